The maximum atomic E-state index is 11.6. The molecular weight excluding hydrogens is 487 g/mol. The Hall–Kier alpha value is -0.870. The van der Waals surface area contributed by atoms with Crippen LogP contribution < -0.4 is 10.6 Å². The molecule has 1 aromatic rings. The van der Waals surface area contributed by atoms with Crippen molar-refractivity contribution >= 4 is 40.0 Å². The number of benzene rings is 1. The number of rotatable bonds is 7. The number of hydrogen-bond donors (Lipinski definition) is 2. The summed E-state index contributed by atoms with van der Waals surface area (Å²) in [5.41, 5.74) is 1.24. The van der Waals surface area contributed by atoms with Crippen molar-refractivity contribution in [1.29, 1.82) is 0 Å². The third-order valence-corrected chi connectivity index (χ3v) is 6.44. The van der Waals surface area contributed by atoms with E-state index in [1.807, 2.05) is 6.07 Å². The van der Waals surface area contributed by atoms with Crippen molar-refractivity contribution in [2.75, 3.05) is 39.0 Å². The number of halogens is 1. The average Bonchev–Trinajstić information content (AvgIpc) is 2.64. The van der Waals surface area contributed by atoms with Gasteiger partial charge in [0.15, 0.2) is 5.96 Å². The predicted octanol–water partition coefficient (Wildman–Crippen LogP) is 2.81. The Morgan fingerprint density at radius 2 is 1.79 bits per heavy atom. The van der Waals surface area contributed by atoms with Gasteiger partial charge in [0.25, 0.3) is 0 Å². The molecule has 1 saturated heterocycles. The third kappa shape index (κ3) is 7.87. The van der Waals surface area contributed by atoms with E-state index in [9.17, 15) is 8.42 Å². The minimum absolute atomic E-state index is 0. The lowest BCUT2D eigenvalue weighted by Crippen LogP contribution is -2.44. The molecule has 1 heterocycles. The fourth-order valence-corrected chi connectivity index (χ4v) is 4.16. The SMILES string of the molecule is CCNC(=NCC(C)(C)c1ccccc1)NCC1CCN(S(C)(=O)=O)CC1.I. The van der Waals surface area contributed by atoms with E-state index in [-0.39, 0.29) is 29.4 Å². The molecule has 8 heteroatoms. The molecule has 6 nitrogen and oxygen atoms in total. The highest BCUT2D eigenvalue weighted by Gasteiger charge is 2.25. The van der Waals surface area contributed by atoms with Crippen LogP contribution in [0.5, 0.6) is 0 Å². The summed E-state index contributed by atoms with van der Waals surface area (Å²) in [6.07, 6.45) is 3.06. The van der Waals surface area contributed by atoms with Crippen LogP contribution in [0.3, 0.4) is 0 Å². The molecule has 2 N–H and O–H groups in total. The van der Waals surface area contributed by atoms with Crippen molar-refractivity contribution in [3.05, 3.63) is 35.9 Å². The minimum atomic E-state index is -3.06. The van der Waals surface area contributed by atoms with Gasteiger partial charge in [0.1, 0.15) is 0 Å². The van der Waals surface area contributed by atoms with Gasteiger partial charge in [-0.1, -0.05) is 44.2 Å². The Labute approximate surface area is 187 Å². The van der Waals surface area contributed by atoms with Crippen LogP contribution in [0.2, 0.25) is 0 Å². The first kappa shape index (κ1) is 25.2. The van der Waals surface area contributed by atoms with E-state index in [0.717, 1.165) is 31.9 Å². The summed E-state index contributed by atoms with van der Waals surface area (Å²) in [7, 11) is -3.06. The average molecular weight is 522 g/mol. The van der Waals surface area contributed by atoms with Crippen LogP contribution in [-0.2, 0) is 15.4 Å². The van der Waals surface area contributed by atoms with Gasteiger partial charge in [0, 0.05) is 31.6 Å². The van der Waals surface area contributed by atoms with E-state index in [0.29, 0.717) is 25.6 Å². The number of nitrogens with one attached hydrogen (secondary N) is 2. The van der Waals surface area contributed by atoms with Crippen LogP contribution in [-0.4, -0.2) is 57.7 Å². The highest BCUT2D eigenvalue weighted by Crippen LogP contribution is 2.23. The standard InChI is InChI=1S/C20H34N4O2S.HI/c1-5-21-19(23-16-20(2,3)18-9-7-6-8-10-18)22-15-17-11-13-24(14-12-17)27(4,25)26;/h6-10,17H,5,11-16H2,1-4H3,(H2,21,22,23);1H. The predicted molar refractivity (Wildman–Crippen MR) is 128 cm³/mol. The number of guanidine groups is 1. The highest BCUT2D eigenvalue weighted by atomic mass is 127. The molecule has 0 spiro atoms. The van der Waals surface area contributed by atoms with Gasteiger partial charge in [0.05, 0.1) is 12.8 Å². The minimum Gasteiger partial charge on any atom is -0.357 e. The Morgan fingerprint density at radius 3 is 2.32 bits per heavy atom. The van der Waals surface area contributed by atoms with Crippen molar-refractivity contribution in [2.24, 2.45) is 10.9 Å². The van der Waals surface area contributed by atoms with E-state index in [2.05, 4.69) is 55.7 Å². The van der Waals surface area contributed by atoms with E-state index in [1.165, 1.54) is 11.8 Å². The van der Waals surface area contributed by atoms with Gasteiger partial charge in [-0.25, -0.2) is 12.7 Å². The number of piperidine rings is 1. The van der Waals surface area contributed by atoms with Gasteiger partial charge in [-0.15, -0.1) is 24.0 Å². The van der Waals surface area contributed by atoms with Crippen LogP contribution in [0.15, 0.2) is 35.3 Å². The fourth-order valence-electron chi connectivity index (χ4n) is 3.29. The van der Waals surface area contributed by atoms with Gasteiger partial charge in [-0.2, -0.15) is 0 Å². The number of hydrogen-bond acceptors (Lipinski definition) is 3. The zero-order valence-electron chi connectivity index (χ0n) is 17.4. The van der Waals surface area contributed by atoms with E-state index < -0.39 is 10.0 Å². The van der Waals surface area contributed by atoms with E-state index in [4.69, 9.17) is 4.99 Å². The molecule has 0 aromatic heterocycles. The molecule has 0 aliphatic carbocycles. The van der Waals surface area contributed by atoms with Gasteiger partial charge in [-0.05, 0) is 31.2 Å². The molecule has 0 amide bonds. The summed E-state index contributed by atoms with van der Waals surface area (Å²) in [5, 5.41) is 6.75. The van der Waals surface area contributed by atoms with E-state index in [1.54, 1.807) is 4.31 Å². The van der Waals surface area contributed by atoms with Crippen LogP contribution in [0.1, 0.15) is 39.2 Å². The maximum absolute atomic E-state index is 11.6. The number of aliphatic imine (C=N–C) groups is 1. The van der Waals surface area contributed by atoms with Gasteiger partial charge in [0.2, 0.25) is 10.0 Å². The second-order valence-electron chi connectivity index (χ2n) is 7.93. The first-order valence-electron chi connectivity index (χ1n) is 9.75. The summed E-state index contributed by atoms with van der Waals surface area (Å²) < 4.78 is 24.8. The molecule has 1 aliphatic heterocycles. The molecule has 0 unspecified atom stereocenters. The molecule has 0 bridgehead atoms. The zero-order chi connectivity index (χ0) is 19.9. The highest BCUT2D eigenvalue weighted by molar-refractivity contribution is 14.0. The summed E-state index contributed by atoms with van der Waals surface area (Å²) in [6, 6.07) is 10.4. The van der Waals surface area contributed by atoms with Gasteiger partial charge >= 0.3 is 0 Å². The van der Waals surface area contributed by atoms with E-state index >= 15 is 0 Å². The topological polar surface area (TPSA) is 73.8 Å². The Morgan fingerprint density at radius 1 is 1.18 bits per heavy atom. The molecule has 1 aliphatic rings. The smallest absolute Gasteiger partial charge is 0.211 e. The Kier molecular flexibility index (Phi) is 10.2. The molecule has 1 aromatic carbocycles. The van der Waals surface area contributed by atoms with Crippen LogP contribution in [0, 0.1) is 5.92 Å². The quantitative estimate of drug-likeness (QED) is 0.328. The fraction of sp³-hybridized carbons (Fsp3) is 0.650. The molecule has 0 saturated carbocycles. The number of sulfonamides is 1. The maximum Gasteiger partial charge on any atom is 0.211 e. The molecule has 1 fully saturated rings. The summed E-state index contributed by atoms with van der Waals surface area (Å²) in [6.45, 7) is 10.0. The van der Waals surface area contributed by atoms with Gasteiger partial charge < -0.3 is 10.6 Å². The third-order valence-electron chi connectivity index (χ3n) is 5.13. The summed E-state index contributed by atoms with van der Waals surface area (Å²) >= 11 is 0. The number of nitrogens with zero attached hydrogens (tertiary/aromatic N) is 2. The normalized spacial score (nSPS) is 17.1. The van der Waals surface area contributed by atoms with Gasteiger partial charge in [-0.3, -0.25) is 4.99 Å². The lowest BCUT2D eigenvalue weighted by molar-refractivity contribution is 0.275. The lowest BCUT2D eigenvalue weighted by atomic mass is 9.85. The Balaban J connectivity index is 0.00000392. The molecule has 28 heavy (non-hydrogen) atoms. The lowest BCUT2D eigenvalue weighted by Gasteiger charge is -2.30. The summed E-state index contributed by atoms with van der Waals surface area (Å²) in [4.78, 5) is 4.79. The summed E-state index contributed by atoms with van der Waals surface area (Å²) in [5.74, 6) is 1.29. The van der Waals surface area contributed by atoms with Crippen molar-refractivity contribution < 1.29 is 8.42 Å². The second kappa shape index (κ2) is 11.3. The van der Waals surface area contributed by atoms with Crippen LogP contribution in [0.4, 0.5) is 0 Å². The van der Waals surface area contributed by atoms with Crippen molar-refractivity contribution in [3.63, 3.8) is 0 Å². The van der Waals surface area contributed by atoms with Crippen molar-refractivity contribution in [2.45, 2.75) is 39.0 Å². The monoisotopic (exact) mass is 522 g/mol. The largest absolute Gasteiger partial charge is 0.357 e. The zero-order valence-corrected chi connectivity index (χ0v) is 20.6. The molecule has 2 rings (SSSR count). The van der Waals surface area contributed by atoms with Crippen LogP contribution >= 0.6 is 24.0 Å². The first-order valence-corrected chi connectivity index (χ1v) is 11.6. The molecule has 0 radical (unpaired) electrons. The van der Waals surface area contributed by atoms with Crippen LogP contribution in [0.25, 0.3) is 0 Å². The first-order chi connectivity index (χ1) is 12.7. The molecule has 0 atom stereocenters. The van der Waals surface area contributed by atoms with Crippen molar-refractivity contribution in [1.82, 2.24) is 14.9 Å². The molecule has 160 valence electrons. The van der Waals surface area contributed by atoms with Crippen molar-refractivity contribution in [3.8, 4) is 0 Å². The molecular formula is C20H35IN4O2S. The second-order valence-corrected chi connectivity index (χ2v) is 9.91. The Bertz CT molecular complexity index is 715.